The van der Waals surface area contributed by atoms with Gasteiger partial charge in [-0.3, -0.25) is 0 Å². The van der Waals surface area contributed by atoms with Crippen molar-refractivity contribution < 1.29 is 0 Å². The first-order valence-electron chi connectivity index (χ1n) is 5.66. The van der Waals surface area contributed by atoms with Crippen LogP contribution in [0.15, 0.2) is 29.4 Å². The minimum atomic E-state index is 0.724. The first-order chi connectivity index (χ1) is 7.38. The van der Waals surface area contributed by atoms with Crippen molar-refractivity contribution in [3.05, 3.63) is 24.4 Å². The topological polar surface area (TPSA) is 38.9 Å². The lowest BCUT2D eigenvalue weighted by Gasteiger charge is -2.27. The molecular weight excluding hydrogens is 204 g/mol. The van der Waals surface area contributed by atoms with Gasteiger partial charge in [0.2, 0.25) is 0 Å². The van der Waals surface area contributed by atoms with E-state index in [1.54, 1.807) is 0 Å². The molecule has 1 aliphatic carbocycles. The summed E-state index contributed by atoms with van der Waals surface area (Å²) in [4.78, 5) is 4.36. The zero-order valence-corrected chi connectivity index (χ0v) is 9.75. The summed E-state index contributed by atoms with van der Waals surface area (Å²) < 4.78 is 0. The van der Waals surface area contributed by atoms with E-state index in [0.717, 1.165) is 22.7 Å². The summed E-state index contributed by atoms with van der Waals surface area (Å²) in [7, 11) is 0. The molecule has 1 aromatic rings. The third kappa shape index (κ3) is 3.21. The first-order valence-corrected chi connectivity index (χ1v) is 6.54. The van der Waals surface area contributed by atoms with Crippen molar-refractivity contribution >= 4 is 11.8 Å². The van der Waals surface area contributed by atoms with E-state index in [9.17, 15) is 0 Å². The molecule has 2 N–H and O–H groups in total. The van der Waals surface area contributed by atoms with Gasteiger partial charge >= 0.3 is 0 Å². The minimum Gasteiger partial charge on any atom is -0.330 e. The molecule has 82 valence electrons. The van der Waals surface area contributed by atoms with Crippen LogP contribution >= 0.6 is 11.8 Å². The van der Waals surface area contributed by atoms with Gasteiger partial charge in [0.1, 0.15) is 0 Å². The molecular formula is C12H18N2S. The molecule has 3 heteroatoms. The van der Waals surface area contributed by atoms with Crippen molar-refractivity contribution in [2.75, 3.05) is 6.54 Å². The second kappa shape index (κ2) is 5.52. The first kappa shape index (κ1) is 11.0. The number of aromatic nitrogens is 1. The van der Waals surface area contributed by atoms with E-state index in [2.05, 4.69) is 17.1 Å². The van der Waals surface area contributed by atoms with Crippen molar-refractivity contribution in [2.24, 2.45) is 11.7 Å². The number of hydrogen-bond acceptors (Lipinski definition) is 3. The maximum absolute atomic E-state index is 5.73. The number of nitrogens with zero attached hydrogens (tertiary/aromatic N) is 1. The Balaban J connectivity index is 1.89. The van der Waals surface area contributed by atoms with E-state index >= 15 is 0 Å². The standard InChI is InChI=1S/C12H18N2S/c13-9-10-4-3-5-11(8-10)15-12-6-1-2-7-14-12/h1-2,6-7,10-11H,3-5,8-9,13H2. The van der Waals surface area contributed by atoms with Gasteiger partial charge in [-0.25, -0.2) is 4.98 Å². The van der Waals surface area contributed by atoms with Gasteiger partial charge in [0.15, 0.2) is 0 Å². The molecule has 0 spiro atoms. The van der Waals surface area contributed by atoms with Gasteiger partial charge in [-0.05, 0) is 43.9 Å². The van der Waals surface area contributed by atoms with E-state index in [4.69, 9.17) is 5.73 Å². The second-order valence-corrected chi connectivity index (χ2v) is 5.50. The third-order valence-corrected chi connectivity index (χ3v) is 4.24. The average Bonchev–Trinajstić information content (AvgIpc) is 2.31. The SMILES string of the molecule is NCC1CCCC(Sc2ccccn2)C1. The lowest BCUT2D eigenvalue weighted by Crippen LogP contribution is -2.23. The Labute approximate surface area is 95.7 Å². The second-order valence-electron chi connectivity index (χ2n) is 4.18. The quantitative estimate of drug-likeness (QED) is 0.854. The van der Waals surface area contributed by atoms with Crippen LogP contribution in [0.4, 0.5) is 0 Å². The van der Waals surface area contributed by atoms with E-state index in [1.807, 2.05) is 24.0 Å². The number of hydrogen-bond donors (Lipinski definition) is 1. The van der Waals surface area contributed by atoms with Crippen LogP contribution in [0.3, 0.4) is 0 Å². The highest BCUT2D eigenvalue weighted by Crippen LogP contribution is 2.34. The third-order valence-electron chi connectivity index (χ3n) is 2.99. The summed E-state index contributed by atoms with van der Waals surface area (Å²) in [6.07, 6.45) is 7.09. The maximum atomic E-state index is 5.73. The summed E-state index contributed by atoms with van der Waals surface area (Å²) >= 11 is 1.92. The Bertz CT molecular complexity index is 289. The minimum absolute atomic E-state index is 0.724. The molecule has 2 rings (SSSR count). The van der Waals surface area contributed by atoms with Crippen LogP contribution in [0.5, 0.6) is 0 Å². The Morgan fingerprint density at radius 1 is 1.40 bits per heavy atom. The summed E-state index contributed by atoms with van der Waals surface area (Å²) in [5.41, 5.74) is 5.73. The van der Waals surface area contributed by atoms with Gasteiger partial charge in [-0.1, -0.05) is 12.5 Å². The summed E-state index contributed by atoms with van der Waals surface area (Å²) in [5, 5.41) is 1.88. The Morgan fingerprint density at radius 3 is 3.07 bits per heavy atom. The molecule has 2 nitrogen and oxygen atoms in total. The lowest BCUT2D eigenvalue weighted by molar-refractivity contribution is 0.374. The fraction of sp³-hybridized carbons (Fsp3) is 0.583. The number of pyridine rings is 1. The zero-order chi connectivity index (χ0) is 10.5. The average molecular weight is 222 g/mol. The molecule has 1 saturated carbocycles. The predicted molar refractivity (Wildman–Crippen MR) is 64.9 cm³/mol. The van der Waals surface area contributed by atoms with Crippen LogP contribution in [0.25, 0.3) is 0 Å². The lowest BCUT2D eigenvalue weighted by atomic mass is 9.89. The highest BCUT2D eigenvalue weighted by Gasteiger charge is 2.21. The zero-order valence-electron chi connectivity index (χ0n) is 8.93. The van der Waals surface area contributed by atoms with Gasteiger partial charge < -0.3 is 5.73 Å². The van der Waals surface area contributed by atoms with Gasteiger partial charge in [-0.15, -0.1) is 11.8 Å². The molecule has 0 bridgehead atoms. The van der Waals surface area contributed by atoms with Crippen molar-refractivity contribution in [1.29, 1.82) is 0 Å². The largest absolute Gasteiger partial charge is 0.330 e. The summed E-state index contributed by atoms with van der Waals surface area (Å²) in [5.74, 6) is 0.736. The van der Waals surface area contributed by atoms with Crippen LogP contribution in [-0.2, 0) is 0 Å². The number of rotatable bonds is 3. The van der Waals surface area contributed by atoms with Crippen LogP contribution in [0.2, 0.25) is 0 Å². The van der Waals surface area contributed by atoms with Crippen LogP contribution in [0.1, 0.15) is 25.7 Å². The summed E-state index contributed by atoms with van der Waals surface area (Å²) in [6, 6.07) is 6.11. The van der Waals surface area contributed by atoms with Crippen LogP contribution < -0.4 is 5.73 Å². The van der Waals surface area contributed by atoms with Gasteiger partial charge in [0.25, 0.3) is 0 Å². The highest BCUT2D eigenvalue weighted by molar-refractivity contribution is 7.99. The van der Waals surface area contributed by atoms with Gasteiger partial charge in [-0.2, -0.15) is 0 Å². The summed E-state index contributed by atoms with van der Waals surface area (Å²) in [6.45, 7) is 0.847. The molecule has 1 aliphatic rings. The molecule has 0 aromatic carbocycles. The molecule has 0 aliphatic heterocycles. The van der Waals surface area contributed by atoms with Crippen LogP contribution in [-0.4, -0.2) is 16.8 Å². The monoisotopic (exact) mass is 222 g/mol. The van der Waals surface area contributed by atoms with Crippen molar-refractivity contribution in [1.82, 2.24) is 4.98 Å². The van der Waals surface area contributed by atoms with Crippen molar-refractivity contribution in [2.45, 2.75) is 36.0 Å². The van der Waals surface area contributed by atoms with E-state index in [-0.39, 0.29) is 0 Å². The number of nitrogens with two attached hydrogens (primary N) is 1. The number of thioether (sulfide) groups is 1. The molecule has 1 aromatic heterocycles. The highest BCUT2D eigenvalue weighted by atomic mass is 32.2. The molecule has 0 radical (unpaired) electrons. The normalized spacial score (nSPS) is 26.5. The molecule has 15 heavy (non-hydrogen) atoms. The van der Waals surface area contributed by atoms with E-state index in [1.165, 1.54) is 25.7 Å². The van der Waals surface area contributed by atoms with Gasteiger partial charge in [0, 0.05) is 11.4 Å². The van der Waals surface area contributed by atoms with E-state index < -0.39 is 0 Å². The molecule has 0 saturated heterocycles. The van der Waals surface area contributed by atoms with Gasteiger partial charge in [0.05, 0.1) is 5.03 Å². The molecule has 1 heterocycles. The fourth-order valence-electron chi connectivity index (χ4n) is 2.15. The predicted octanol–water partition coefficient (Wildman–Crippen LogP) is 2.69. The van der Waals surface area contributed by atoms with Crippen molar-refractivity contribution in [3.63, 3.8) is 0 Å². The Kier molecular flexibility index (Phi) is 4.03. The Morgan fingerprint density at radius 2 is 2.33 bits per heavy atom. The Hall–Kier alpha value is -0.540. The van der Waals surface area contributed by atoms with E-state index in [0.29, 0.717) is 0 Å². The fourth-order valence-corrected chi connectivity index (χ4v) is 3.42. The molecule has 0 amide bonds. The smallest absolute Gasteiger partial charge is 0.0962 e. The molecule has 2 unspecified atom stereocenters. The van der Waals surface area contributed by atoms with Crippen LogP contribution in [0, 0.1) is 5.92 Å². The van der Waals surface area contributed by atoms with Crippen molar-refractivity contribution in [3.8, 4) is 0 Å². The maximum Gasteiger partial charge on any atom is 0.0962 e. The molecule has 2 atom stereocenters. The molecule has 1 fully saturated rings.